The molecule has 22 heavy (non-hydrogen) atoms. The predicted molar refractivity (Wildman–Crippen MR) is 88.6 cm³/mol. The van der Waals surface area contributed by atoms with Crippen molar-refractivity contribution >= 4 is 21.8 Å². The summed E-state index contributed by atoms with van der Waals surface area (Å²) < 4.78 is 11.7. The van der Waals surface area contributed by atoms with E-state index in [4.69, 9.17) is 9.47 Å². The molecule has 0 saturated heterocycles. The average molecular weight is 296 g/mol. The van der Waals surface area contributed by atoms with Crippen LogP contribution in [0.25, 0.3) is 21.8 Å². The zero-order valence-electron chi connectivity index (χ0n) is 13.3. The third-order valence-electron chi connectivity index (χ3n) is 3.27. The summed E-state index contributed by atoms with van der Waals surface area (Å²) in [5.41, 5.74) is 1.68. The summed E-state index contributed by atoms with van der Waals surface area (Å²) >= 11 is 0. The van der Waals surface area contributed by atoms with Crippen LogP contribution in [0.5, 0.6) is 11.5 Å². The van der Waals surface area contributed by atoms with Crippen LogP contribution in [0.1, 0.15) is 27.7 Å². The number of nitrogens with zero attached hydrogens (tertiary/aromatic N) is 2. The van der Waals surface area contributed by atoms with Gasteiger partial charge in [0.1, 0.15) is 22.5 Å². The smallest absolute Gasteiger partial charge is 0.130 e. The zero-order chi connectivity index (χ0) is 15.7. The van der Waals surface area contributed by atoms with Crippen molar-refractivity contribution in [3.05, 3.63) is 36.7 Å². The molecule has 2 aromatic heterocycles. The lowest BCUT2D eigenvalue weighted by molar-refractivity contribution is 0.244. The number of fused-ring (bicyclic) bond motifs is 3. The van der Waals surface area contributed by atoms with Gasteiger partial charge in [0.05, 0.1) is 12.2 Å². The molecule has 1 aromatic carbocycles. The van der Waals surface area contributed by atoms with Gasteiger partial charge < -0.3 is 9.47 Å². The Balaban J connectivity index is 2.24. The van der Waals surface area contributed by atoms with Crippen LogP contribution in [0.2, 0.25) is 0 Å². The quantitative estimate of drug-likeness (QED) is 0.671. The number of hydrogen-bond acceptors (Lipinski definition) is 4. The van der Waals surface area contributed by atoms with Crippen LogP contribution in [0, 0.1) is 0 Å². The summed E-state index contributed by atoms with van der Waals surface area (Å²) in [5.74, 6) is 1.66. The molecule has 0 amide bonds. The Bertz CT molecular complexity index is 744. The van der Waals surface area contributed by atoms with Crippen molar-refractivity contribution in [2.45, 2.75) is 39.9 Å². The van der Waals surface area contributed by atoms with Crippen molar-refractivity contribution < 1.29 is 9.47 Å². The van der Waals surface area contributed by atoms with E-state index >= 15 is 0 Å². The maximum atomic E-state index is 5.87. The van der Waals surface area contributed by atoms with E-state index in [0.717, 1.165) is 33.3 Å². The molecule has 3 aromatic rings. The molecule has 0 radical (unpaired) electrons. The van der Waals surface area contributed by atoms with Crippen molar-refractivity contribution in [2.75, 3.05) is 0 Å². The Hall–Kier alpha value is -2.36. The molecule has 0 spiro atoms. The maximum absolute atomic E-state index is 5.87. The lowest BCUT2D eigenvalue weighted by Crippen LogP contribution is -2.07. The fourth-order valence-corrected chi connectivity index (χ4v) is 2.49. The Morgan fingerprint density at radius 3 is 1.45 bits per heavy atom. The molecule has 0 aliphatic heterocycles. The second-order valence-electron chi connectivity index (χ2n) is 5.81. The van der Waals surface area contributed by atoms with Gasteiger partial charge in [-0.1, -0.05) is 0 Å². The van der Waals surface area contributed by atoms with Gasteiger partial charge in [-0.3, -0.25) is 9.97 Å². The lowest BCUT2D eigenvalue weighted by Gasteiger charge is -2.15. The molecule has 4 nitrogen and oxygen atoms in total. The van der Waals surface area contributed by atoms with Gasteiger partial charge in [0, 0.05) is 23.2 Å². The first-order valence-corrected chi connectivity index (χ1v) is 7.56. The van der Waals surface area contributed by atoms with Gasteiger partial charge in [-0.2, -0.15) is 0 Å². The van der Waals surface area contributed by atoms with E-state index in [2.05, 4.69) is 9.97 Å². The standard InChI is InChI=1S/C18H20N2O2/c1-11(2)21-15-7-9-19-17-13(15)5-6-14-16(22-12(3)4)8-10-20-18(14)17/h5-12H,1-4H3. The van der Waals surface area contributed by atoms with Gasteiger partial charge in [-0.15, -0.1) is 0 Å². The molecule has 0 N–H and O–H groups in total. The second-order valence-corrected chi connectivity index (χ2v) is 5.81. The van der Waals surface area contributed by atoms with Crippen molar-refractivity contribution in [3.8, 4) is 11.5 Å². The molecular formula is C18H20N2O2. The summed E-state index contributed by atoms with van der Waals surface area (Å²) in [6, 6.07) is 7.83. The van der Waals surface area contributed by atoms with E-state index < -0.39 is 0 Å². The summed E-state index contributed by atoms with van der Waals surface area (Å²) in [7, 11) is 0. The Kier molecular flexibility index (Phi) is 3.84. The highest BCUT2D eigenvalue weighted by Gasteiger charge is 2.12. The van der Waals surface area contributed by atoms with E-state index in [1.54, 1.807) is 12.4 Å². The van der Waals surface area contributed by atoms with Gasteiger partial charge >= 0.3 is 0 Å². The molecule has 4 heteroatoms. The molecule has 0 fully saturated rings. The first kappa shape index (κ1) is 14.6. The molecule has 114 valence electrons. The van der Waals surface area contributed by atoms with Crippen molar-refractivity contribution in [1.29, 1.82) is 0 Å². The van der Waals surface area contributed by atoms with Crippen LogP contribution >= 0.6 is 0 Å². The Morgan fingerprint density at radius 2 is 1.09 bits per heavy atom. The molecule has 0 saturated carbocycles. The second kappa shape index (κ2) is 5.79. The zero-order valence-corrected chi connectivity index (χ0v) is 13.3. The summed E-state index contributed by atoms with van der Waals surface area (Å²) in [6.07, 6.45) is 3.75. The largest absolute Gasteiger partial charge is 0.490 e. The average Bonchev–Trinajstić information content (AvgIpc) is 2.46. The van der Waals surface area contributed by atoms with Crippen LogP contribution in [0.3, 0.4) is 0 Å². The maximum Gasteiger partial charge on any atom is 0.130 e. The Morgan fingerprint density at radius 1 is 0.682 bits per heavy atom. The molecule has 0 aliphatic carbocycles. The van der Waals surface area contributed by atoms with E-state index in [1.807, 2.05) is 52.0 Å². The minimum atomic E-state index is 0.116. The van der Waals surface area contributed by atoms with E-state index in [1.165, 1.54) is 0 Å². The van der Waals surface area contributed by atoms with Gasteiger partial charge in [0.2, 0.25) is 0 Å². The van der Waals surface area contributed by atoms with Crippen LogP contribution in [0.4, 0.5) is 0 Å². The van der Waals surface area contributed by atoms with E-state index in [9.17, 15) is 0 Å². The monoisotopic (exact) mass is 296 g/mol. The fraction of sp³-hybridized carbons (Fsp3) is 0.333. The first-order chi connectivity index (χ1) is 10.6. The number of aromatic nitrogens is 2. The van der Waals surface area contributed by atoms with E-state index in [-0.39, 0.29) is 12.2 Å². The van der Waals surface area contributed by atoms with Crippen LogP contribution < -0.4 is 9.47 Å². The number of hydrogen-bond donors (Lipinski definition) is 0. The first-order valence-electron chi connectivity index (χ1n) is 7.56. The Labute approximate surface area is 130 Å². The number of benzene rings is 1. The topological polar surface area (TPSA) is 44.2 Å². The van der Waals surface area contributed by atoms with Gasteiger partial charge in [0.15, 0.2) is 0 Å². The third-order valence-corrected chi connectivity index (χ3v) is 3.27. The van der Waals surface area contributed by atoms with Crippen molar-refractivity contribution in [1.82, 2.24) is 9.97 Å². The minimum Gasteiger partial charge on any atom is -0.490 e. The highest BCUT2D eigenvalue weighted by Crippen LogP contribution is 2.33. The summed E-state index contributed by atoms with van der Waals surface area (Å²) in [5, 5.41) is 1.94. The van der Waals surface area contributed by atoms with Crippen molar-refractivity contribution in [2.24, 2.45) is 0 Å². The van der Waals surface area contributed by atoms with Crippen LogP contribution in [0.15, 0.2) is 36.7 Å². The molecule has 0 bridgehead atoms. The fourth-order valence-electron chi connectivity index (χ4n) is 2.49. The van der Waals surface area contributed by atoms with Gasteiger partial charge in [-0.05, 0) is 52.0 Å². The number of pyridine rings is 2. The highest BCUT2D eigenvalue weighted by atomic mass is 16.5. The van der Waals surface area contributed by atoms with Gasteiger partial charge in [-0.25, -0.2) is 0 Å². The SMILES string of the molecule is CC(C)Oc1ccnc2c1ccc1c(OC(C)C)ccnc12. The minimum absolute atomic E-state index is 0.116. The lowest BCUT2D eigenvalue weighted by atomic mass is 10.1. The molecule has 0 aliphatic rings. The molecule has 2 heterocycles. The molecule has 0 unspecified atom stereocenters. The van der Waals surface area contributed by atoms with Crippen molar-refractivity contribution in [3.63, 3.8) is 0 Å². The van der Waals surface area contributed by atoms with E-state index in [0.29, 0.717) is 0 Å². The molecule has 3 rings (SSSR count). The molecular weight excluding hydrogens is 276 g/mol. The number of rotatable bonds is 4. The third kappa shape index (κ3) is 2.69. The predicted octanol–water partition coefficient (Wildman–Crippen LogP) is 4.36. The van der Waals surface area contributed by atoms with Crippen LogP contribution in [-0.4, -0.2) is 22.2 Å². The summed E-state index contributed by atoms with van der Waals surface area (Å²) in [6.45, 7) is 8.06. The van der Waals surface area contributed by atoms with Crippen LogP contribution in [-0.2, 0) is 0 Å². The molecule has 0 atom stereocenters. The number of ether oxygens (including phenoxy) is 2. The highest BCUT2D eigenvalue weighted by molar-refractivity contribution is 6.06. The van der Waals surface area contributed by atoms with Gasteiger partial charge in [0.25, 0.3) is 0 Å². The summed E-state index contributed by atoms with van der Waals surface area (Å²) in [4.78, 5) is 9.00. The normalized spacial score (nSPS) is 11.5.